The van der Waals surface area contributed by atoms with Crippen LogP contribution in [0.15, 0.2) is 36.4 Å². The average Bonchev–Trinajstić information content (AvgIpc) is 2.41. The third-order valence-electron chi connectivity index (χ3n) is 2.52. The monoisotopic (exact) mass is 335 g/mol. The van der Waals surface area contributed by atoms with Crippen molar-refractivity contribution in [3.63, 3.8) is 0 Å². The molecule has 0 unspecified atom stereocenters. The molecule has 2 aromatic rings. The predicted octanol–water partition coefficient (Wildman–Crippen LogP) is 3.23. The first-order valence-electron chi connectivity index (χ1n) is 5.53. The van der Waals surface area contributed by atoms with E-state index in [2.05, 4.69) is 0 Å². The van der Waals surface area contributed by atoms with Crippen LogP contribution in [0.2, 0.25) is 5.02 Å². The molecule has 2 rings (SSSR count). The van der Waals surface area contributed by atoms with Gasteiger partial charge in [0.1, 0.15) is 22.9 Å². The quantitative estimate of drug-likeness (QED) is 0.526. The molecule has 0 spiro atoms. The van der Waals surface area contributed by atoms with Gasteiger partial charge in [-0.15, -0.1) is 0 Å². The fraction of sp³-hybridized carbons (Fsp3) is 0. The summed E-state index contributed by atoms with van der Waals surface area (Å²) in [6.07, 6.45) is 0. The van der Waals surface area contributed by atoms with Gasteiger partial charge in [0.2, 0.25) is 0 Å². The molecule has 0 radical (unpaired) electrons. The maximum absolute atomic E-state index is 12.9. The normalized spacial score (nSPS) is 9.73. The van der Waals surface area contributed by atoms with Crippen LogP contribution in [0.25, 0.3) is 0 Å². The molecule has 0 aliphatic rings. The van der Waals surface area contributed by atoms with Crippen molar-refractivity contribution in [1.29, 1.82) is 0 Å². The van der Waals surface area contributed by atoms with E-state index in [4.69, 9.17) is 21.4 Å². The molecule has 0 aliphatic carbocycles. The van der Waals surface area contributed by atoms with Gasteiger partial charge in [0, 0.05) is 12.1 Å². The molecule has 2 aromatic carbocycles. The molecule has 0 atom stereocenters. The van der Waals surface area contributed by atoms with Crippen LogP contribution in [0.3, 0.4) is 0 Å². The van der Waals surface area contributed by atoms with Gasteiger partial charge in [-0.2, -0.15) is 0 Å². The molecular weight excluding hydrogens is 328 g/mol. The molecular formula is C13H8ClFNNaO5. The molecule has 0 aromatic heterocycles. The average molecular weight is 336 g/mol. The Morgan fingerprint density at radius 3 is 2.50 bits per heavy atom. The second-order valence-electron chi connectivity index (χ2n) is 3.92. The van der Waals surface area contributed by atoms with Crippen LogP contribution in [0.5, 0.6) is 11.5 Å². The van der Waals surface area contributed by atoms with Gasteiger partial charge in [0.05, 0.1) is 9.95 Å². The van der Waals surface area contributed by atoms with E-state index in [-0.39, 0.29) is 46.1 Å². The Bertz CT molecular complexity index is 740. The van der Waals surface area contributed by atoms with Gasteiger partial charge in [-0.05, 0) is 24.3 Å². The number of hydrogen-bond donors (Lipinski definition) is 1. The van der Waals surface area contributed by atoms with E-state index in [0.717, 1.165) is 24.3 Å². The van der Waals surface area contributed by atoms with Gasteiger partial charge >= 0.3 is 35.5 Å². The van der Waals surface area contributed by atoms with Crippen molar-refractivity contribution in [3.8, 4) is 11.5 Å². The first-order valence-corrected chi connectivity index (χ1v) is 5.91. The first kappa shape index (κ1) is 18.4. The molecule has 0 bridgehead atoms. The molecule has 110 valence electrons. The summed E-state index contributed by atoms with van der Waals surface area (Å²) < 4.78 is 18.2. The summed E-state index contributed by atoms with van der Waals surface area (Å²) in [4.78, 5) is 20.9. The molecule has 22 heavy (non-hydrogen) atoms. The number of carbonyl (C=O) groups is 1. The molecule has 9 heteroatoms. The number of benzene rings is 2. The third-order valence-corrected chi connectivity index (χ3v) is 2.81. The van der Waals surface area contributed by atoms with E-state index >= 15 is 0 Å². The predicted molar refractivity (Wildman–Crippen MR) is 78.7 cm³/mol. The summed E-state index contributed by atoms with van der Waals surface area (Å²) in [7, 11) is 0. The Morgan fingerprint density at radius 2 is 1.95 bits per heavy atom. The van der Waals surface area contributed by atoms with Crippen molar-refractivity contribution in [2.24, 2.45) is 0 Å². The zero-order valence-corrected chi connectivity index (χ0v) is 11.0. The van der Waals surface area contributed by atoms with E-state index in [0.29, 0.717) is 0 Å². The van der Waals surface area contributed by atoms with Crippen LogP contribution in [-0.2, 0) is 0 Å². The first-order chi connectivity index (χ1) is 9.88. The van der Waals surface area contributed by atoms with Gasteiger partial charge in [-0.3, -0.25) is 10.1 Å². The number of carboxylic acid groups (broad SMARTS) is 1. The second kappa shape index (κ2) is 7.55. The summed E-state index contributed by atoms with van der Waals surface area (Å²) in [5, 5.41) is 19.7. The summed E-state index contributed by atoms with van der Waals surface area (Å²) in [6, 6.07) is 6.64. The molecule has 0 saturated heterocycles. The zero-order valence-electron chi connectivity index (χ0n) is 10.2. The van der Waals surface area contributed by atoms with Crippen LogP contribution in [0.4, 0.5) is 10.1 Å². The Morgan fingerprint density at radius 1 is 1.27 bits per heavy atom. The number of hydrogen-bond acceptors (Lipinski definition) is 4. The summed E-state index contributed by atoms with van der Waals surface area (Å²) in [6.45, 7) is 0. The third kappa shape index (κ3) is 4.17. The van der Waals surface area contributed by atoms with Crippen LogP contribution < -0.4 is 4.74 Å². The van der Waals surface area contributed by atoms with Gasteiger partial charge in [0.25, 0.3) is 5.69 Å². The molecule has 0 saturated carbocycles. The molecule has 0 amide bonds. The van der Waals surface area contributed by atoms with E-state index in [1.165, 1.54) is 12.1 Å². The van der Waals surface area contributed by atoms with Gasteiger partial charge in [0.15, 0.2) is 0 Å². The van der Waals surface area contributed by atoms with Crippen LogP contribution in [0, 0.1) is 15.9 Å². The van der Waals surface area contributed by atoms with E-state index in [1.54, 1.807) is 0 Å². The minimum atomic E-state index is -1.46. The van der Waals surface area contributed by atoms with Gasteiger partial charge in [-0.25, -0.2) is 9.18 Å². The van der Waals surface area contributed by atoms with Crippen LogP contribution in [-0.4, -0.2) is 45.6 Å². The number of halogens is 2. The summed E-state index contributed by atoms with van der Waals surface area (Å²) in [5.74, 6) is -1.88. The van der Waals surface area contributed by atoms with Crippen LogP contribution in [0.1, 0.15) is 10.4 Å². The number of rotatable bonds is 4. The van der Waals surface area contributed by atoms with Crippen LogP contribution >= 0.6 is 11.6 Å². The van der Waals surface area contributed by atoms with Crippen molar-refractivity contribution >= 4 is 52.8 Å². The fourth-order valence-corrected chi connectivity index (χ4v) is 1.80. The zero-order chi connectivity index (χ0) is 15.6. The molecule has 6 nitrogen and oxygen atoms in total. The number of ether oxygens (including phenoxy) is 1. The number of carboxylic acids is 1. The van der Waals surface area contributed by atoms with Gasteiger partial charge in [-0.1, -0.05) is 11.6 Å². The molecule has 1 N–H and O–H groups in total. The maximum atomic E-state index is 12.9. The number of aromatic carboxylic acids is 1. The standard InChI is InChI=1S/C13H7ClFNO5.Na.H/c14-10-5-7(15)1-4-12(10)21-8-2-3-11(16(19)20)9(6-8)13(17)18;;/h1-6H,(H,17,18);;. The van der Waals surface area contributed by atoms with E-state index in [1.807, 2.05) is 0 Å². The van der Waals surface area contributed by atoms with E-state index in [9.17, 15) is 19.3 Å². The minimum absolute atomic E-state index is 0. The Kier molecular flexibility index (Phi) is 6.31. The SMILES string of the molecule is O=C(O)c1cc(Oc2ccc(F)cc2Cl)ccc1[N+](=O)[O-].[NaH]. The molecule has 0 heterocycles. The Hall–Kier alpha value is -1.67. The number of nitrogens with zero attached hydrogens (tertiary/aromatic N) is 1. The second-order valence-corrected chi connectivity index (χ2v) is 4.33. The Balaban J connectivity index is 0.00000242. The number of nitro groups is 1. The van der Waals surface area contributed by atoms with Crippen molar-refractivity contribution < 1.29 is 24.0 Å². The van der Waals surface area contributed by atoms with E-state index < -0.39 is 28.0 Å². The summed E-state index contributed by atoms with van der Waals surface area (Å²) >= 11 is 5.77. The Labute approximate surface area is 150 Å². The summed E-state index contributed by atoms with van der Waals surface area (Å²) in [5.41, 5.74) is -1.07. The topological polar surface area (TPSA) is 89.7 Å². The molecule has 0 aliphatic heterocycles. The number of nitro benzene ring substituents is 1. The molecule has 0 fully saturated rings. The van der Waals surface area contributed by atoms with Crippen molar-refractivity contribution in [2.45, 2.75) is 0 Å². The van der Waals surface area contributed by atoms with Gasteiger partial charge < -0.3 is 9.84 Å². The fourth-order valence-electron chi connectivity index (χ4n) is 1.59. The van der Waals surface area contributed by atoms with Crippen molar-refractivity contribution in [3.05, 3.63) is 62.9 Å². The van der Waals surface area contributed by atoms with Crippen molar-refractivity contribution in [1.82, 2.24) is 0 Å². The van der Waals surface area contributed by atoms with Crippen molar-refractivity contribution in [2.75, 3.05) is 0 Å².